The Bertz CT molecular complexity index is 912. The van der Waals surface area contributed by atoms with Crippen molar-refractivity contribution in [3.63, 3.8) is 0 Å². The van der Waals surface area contributed by atoms with Crippen molar-refractivity contribution in [1.82, 2.24) is 9.88 Å². The van der Waals surface area contributed by atoms with Crippen LogP contribution in [0.25, 0.3) is 0 Å². The summed E-state index contributed by atoms with van der Waals surface area (Å²) in [5, 5.41) is 12.2. The Hall–Kier alpha value is -1.65. The lowest BCUT2D eigenvalue weighted by atomic mass is 9.54. The molecule has 0 radical (unpaired) electrons. The zero-order chi connectivity index (χ0) is 21.6. The Morgan fingerprint density at radius 3 is 2.52 bits per heavy atom. The van der Waals surface area contributed by atoms with Crippen LogP contribution in [0.3, 0.4) is 0 Å². The van der Waals surface area contributed by atoms with Gasteiger partial charge in [-0.15, -0.1) is 11.3 Å². The molecule has 5 aliphatic rings. The van der Waals surface area contributed by atoms with E-state index in [2.05, 4.69) is 43.0 Å². The smallest absolute Gasteiger partial charge is 0.234 e. The van der Waals surface area contributed by atoms with Crippen molar-refractivity contribution in [1.29, 1.82) is 5.26 Å². The third-order valence-electron chi connectivity index (χ3n) is 7.70. The van der Waals surface area contributed by atoms with Gasteiger partial charge >= 0.3 is 0 Å². The van der Waals surface area contributed by atoms with Gasteiger partial charge in [-0.2, -0.15) is 10.3 Å². The number of aromatic nitrogens is 1. The van der Waals surface area contributed by atoms with E-state index in [0.717, 1.165) is 42.6 Å². The molecule has 1 saturated heterocycles. The highest BCUT2D eigenvalue weighted by molar-refractivity contribution is 7.09. The number of guanidine groups is 1. The summed E-state index contributed by atoms with van der Waals surface area (Å²) >= 11 is 1.71. The number of hydrogen-bond donors (Lipinski definition) is 1. The molecule has 0 spiro atoms. The number of nitrogens with one attached hydrogen (secondary N) is 1. The number of rotatable bonds is 3. The van der Waals surface area contributed by atoms with Gasteiger partial charge in [0, 0.05) is 17.7 Å². The second-order valence-electron chi connectivity index (χ2n) is 11.1. The highest BCUT2D eigenvalue weighted by Gasteiger charge is 2.48. The fourth-order valence-electron chi connectivity index (χ4n) is 6.43. The maximum absolute atomic E-state index is 9.40. The molecule has 7 heteroatoms. The molecule has 168 valence electrons. The lowest BCUT2D eigenvalue weighted by Gasteiger charge is -2.53. The first-order valence-corrected chi connectivity index (χ1v) is 12.8. The van der Waals surface area contributed by atoms with Crippen LogP contribution in [0, 0.1) is 35.1 Å². The molecule has 0 unspecified atom stereocenters. The van der Waals surface area contributed by atoms with Crippen molar-refractivity contribution in [2.75, 3.05) is 6.61 Å². The van der Waals surface area contributed by atoms with Crippen molar-refractivity contribution in [2.24, 2.45) is 33.7 Å². The molecule has 1 aromatic rings. The van der Waals surface area contributed by atoms with Gasteiger partial charge in [0.2, 0.25) is 5.96 Å². The van der Waals surface area contributed by atoms with E-state index in [1.165, 1.54) is 37.0 Å². The molecule has 1 N–H and O–H groups in total. The normalized spacial score (nSPS) is 35.5. The topological polar surface area (TPSA) is 74.7 Å². The monoisotopic (exact) mass is 441 g/mol. The van der Waals surface area contributed by atoms with E-state index >= 15 is 0 Å². The molecule has 6 rings (SSSR count). The first-order valence-electron chi connectivity index (χ1n) is 12.0. The molecule has 4 aliphatic carbocycles. The van der Waals surface area contributed by atoms with E-state index in [9.17, 15) is 5.26 Å². The number of nitriles is 1. The second kappa shape index (κ2) is 8.37. The van der Waals surface area contributed by atoms with Crippen molar-refractivity contribution in [3.8, 4) is 6.19 Å². The molecule has 5 fully saturated rings. The number of hydrogen-bond acceptors (Lipinski definition) is 4. The third kappa shape index (κ3) is 4.47. The van der Waals surface area contributed by atoms with E-state index in [1.54, 1.807) is 11.3 Å². The molecule has 1 aromatic heterocycles. The van der Waals surface area contributed by atoms with Gasteiger partial charge < -0.3 is 9.30 Å². The predicted molar refractivity (Wildman–Crippen MR) is 123 cm³/mol. The minimum Gasteiger partial charge on any atom is -0.376 e. The standard InChI is InChI=1S/C24H35N5OS/c1-24(2,3)20-13-29(12-19-5-4-6-30-19)23(31-20)28-22(26-14-25)27-21-17-8-15-7-16(10-17)11-18(21)9-15/h13,15-19,21H,4-12H2,1-3H3,(H,26,27)/t15?,16?,17?,18?,19-,21?/m1/s1. The van der Waals surface area contributed by atoms with Gasteiger partial charge in [-0.1, -0.05) is 20.8 Å². The molecule has 31 heavy (non-hydrogen) atoms. The predicted octanol–water partition coefficient (Wildman–Crippen LogP) is 4.18. The summed E-state index contributed by atoms with van der Waals surface area (Å²) in [7, 11) is 0. The molecule has 4 bridgehead atoms. The molecular weight excluding hydrogens is 406 g/mol. The van der Waals surface area contributed by atoms with E-state index in [4.69, 9.17) is 14.7 Å². The first kappa shape index (κ1) is 21.2. The summed E-state index contributed by atoms with van der Waals surface area (Å²) in [6, 6.07) is 0.320. The fraction of sp³-hybridized carbons (Fsp3) is 0.792. The number of ether oxygens (including phenoxy) is 1. The average molecular weight is 442 g/mol. The summed E-state index contributed by atoms with van der Waals surface area (Å²) in [5.41, 5.74) is 0.0537. The van der Waals surface area contributed by atoms with Gasteiger partial charge in [0.25, 0.3) is 0 Å². The van der Waals surface area contributed by atoms with Crippen LogP contribution in [-0.2, 0) is 16.7 Å². The largest absolute Gasteiger partial charge is 0.376 e. The van der Waals surface area contributed by atoms with Crippen molar-refractivity contribution in [2.45, 2.75) is 89.8 Å². The number of aliphatic imine (C=N–C) groups is 1. The highest BCUT2D eigenvalue weighted by atomic mass is 32.1. The molecule has 1 aliphatic heterocycles. The maximum Gasteiger partial charge on any atom is 0.234 e. The molecule has 4 saturated carbocycles. The summed E-state index contributed by atoms with van der Waals surface area (Å²) in [4.78, 5) is 12.2. The van der Waals surface area contributed by atoms with Gasteiger partial charge in [0.05, 0.1) is 18.7 Å². The van der Waals surface area contributed by atoms with Gasteiger partial charge in [-0.3, -0.25) is 5.32 Å². The van der Waals surface area contributed by atoms with E-state index in [-0.39, 0.29) is 11.5 Å². The quantitative estimate of drug-likeness (QED) is 0.331. The van der Waals surface area contributed by atoms with Crippen LogP contribution >= 0.6 is 11.3 Å². The zero-order valence-corrected chi connectivity index (χ0v) is 19.8. The Labute approximate surface area is 189 Å². The average Bonchev–Trinajstić information content (AvgIpc) is 3.35. The van der Waals surface area contributed by atoms with Crippen LogP contribution in [0.1, 0.15) is 70.6 Å². The first-order chi connectivity index (χ1) is 14.9. The van der Waals surface area contributed by atoms with Gasteiger partial charge in [0.15, 0.2) is 11.0 Å². The Morgan fingerprint density at radius 2 is 1.94 bits per heavy atom. The van der Waals surface area contributed by atoms with Crippen LogP contribution in [0.5, 0.6) is 0 Å². The Morgan fingerprint density at radius 1 is 1.23 bits per heavy atom. The minimum atomic E-state index is 0.0537. The number of thiazole rings is 1. The van der Waals surface area contributed by atoms with Crippen LogP contribution in [0.15, 0.2) is 16.2 Å². The zero-order valence-electron chi connectivity index (χ0n) is 19.0. The number of nitrogens with zero attached hydrogens (tertiary/aromatic N) is 4. The van der Waals surface area contributed by atoms with Crippen molar-refractivity contribution < 1.29 is 4.74 Å². The van der Waals surface area contributed by atoms with Gasteiger partial charge in [-0.05, 0) is 74.0 Å². The highest BCUT2D eigenvalue weighted by Crippen LogP contribution is 2.54. The fourth-order valence-corrected chi connectivity index (χ4v) is 7.49. The Kier molecular flexibility index (Phi) is 5.72. The lowest BCUT2D eigenvalue weighted by molar-refractivity contribution is 0.00115. The van der Waals surface area contributed by atoms with E-state index < -0.39 is 0 Å². The summed E-state index contributed by atoms with van der Waals surface area (Å²) in [6.45, 7) is 8.36. The van der Waals surface area contributed by atoms with Crippen LogP contribution in [0.4, 0.5) is 0 Å². The molecule has 1 atom stereocenters. The summed E-state index contributed by atoms with van der Waals surface area (Å²) < 4.78 is 8.10. The molecular formula is C24H35N5OS. The molecule has 0 aromatic carbocycles. The van der Waals surface area contributed by atoms with E-state index in [0.29, 0.717) is 23.8 Å². The summed E-state index contributed by atoms with van der Waals surface area (Å²) in [5.74, 6) is 3.67. The van der Waals surface area contributed by atoms with Crippen LogP contribution < -0.4 is 10.1 Å². The molecule has 2 heterocycles. The van der Waals surface area contributed by atoms with E-state index in [1.807, 2.05) is 0 Å². The third-order valence-corrected chi connectivity index (χ3v) is 9.15. The minimum absolute atomic E-state index is 0.0537. The maximum atomic E-state index is 9.40. The molecule has 6 nitrogen and oxygen atoms in total. The van der Waals surface area contributed by atoms with Gasteiger partial charge in [0.1, 0.15) is 0 Å². The second-order valence-corrected chi connectivity index (χ2v) is 12.1. The van der Waals surface area contributed by atoms with Crippen molar-refractivity contribution in [3.05, 3.63) is 15.9 Å². The van der Waals surface area contributed by atoms with Crippen molar-refractivity contribution >= 4 is 17.3 Å². The van der Waals surface area contributed by atoms with Crippen LogP contribution in [-0.4, -0.2) is 29.3 Å². The lowest BCUT2D eigenvalue weighted by Crippen LogP contribution is -2.48. The SMILES string of the molecule is CC(C)(C)c1cn(C[C@H]2CCCO2)c(=NC(=NC2C3CC4CC(C3)CC2C4)NC#N)s1. The van der Waals surface area contributed by atoms with Crippen LogP contribution in [0.2, 0.25) is 0 Å². The van der Waals surface area contributed by atoms with Gasteiger partial charge in [-0.25, -0.2) is 4.99 Å². The summed E-state index contributed by atoms with van der Waals surface area (Å²) in [6.07, 6.45) is 13.5. The Balaban J connectivity index is 1.48. The molecule has 0 amide bonds.